The van der Waals surface area contributed by atoms with E-state index < -0.39 is 0 Å². The van der Waals surface area contributed by atoms with Gasteiger partial charge in [0.1, 0.15) is 10.9 Å². The summed E-state index contributed by atoms with van der Waals surface area (Å²) in [6.07, 6.45) is 2.54. The molecule has 5 heteroatoms. The van der Waals surface area contributed by atoms with Gasteiger partial charge in [-0.15, -0.1) is 0 Å². The molecule has 0 aromatic rings. The Labute approximate surface area is 82.4 Å². The lowest BCUT2D eigenvalue weighted by atomic mass is 10.3. The molecular formula is C8H12ClN3O. The number of amides is 1. The number of rotatable bonds is 3. The lowest BCUT2D eigenvalue weighted by molar-refractivity contribution is -0.121. The first-order valence-electron chi connectivity index (χ1n) is 3.52. The van der Waals surface area contributed by atoms with Crippen molar-refractivity contribution in [3.05, 3.63) is 24.0 Å². The number of nitrogens with two attached hydrogens (primary N) is 1. The van der Waals surface area contributed by atoms with E-state index >= 15 is 0 Å². The van der Waals surface area contributed by atoms with E-state index in [2.05, 4.69) is 11.6 Å². The van der Waals surface area contributed by atoms with E-state index in [4.69, 9.17) is 17.3 Å². The maximum atomic E-state index is 11.3. The quantitative estimate of drug-likeness (QED) is 0.540. The van der Waals surface area contributed by atoms with Gasteiger partial charge in [-0.05, 0) is 6.08 Å². The van der Waals surface area contributed by atoms with Crippen LogP contribution in [0.25, 0.3) is 0 Å². The second-order valence-electron chi connectivity index (χ2n) is 2.43. The van der Waals surface area contributed by atoms with Crippen LogP contribution in [0.1, 0.15) is 0 Å². The fourth-order valence-electron chi connectivity index (χ4n) is 0.556. The van der Waals surface area contributed by atoms with Crippen molar-refractivity contribution in [1.29, 1.82) is 0 Å². The largest absolute Gasteiger partial charge is 0.388 e. The highest BCUT2D eigenvalue weighted by molar-refractivity contribution is 6.43. The minimum absolute atomic E-state index is 0.0194. The standard InChI is InChI=1S/C8H12ClN3O/c1-4-6(8(13)12(2)3)11-5-7(9)10/h4-5H,1,10H2,2-3H3/b7-5-,11-6?. The molecular weight excluding hydrogens is 190 g/mol. The molecule has 0 aliphatic heterocycles. The van der Waals surface area contributed by atoms with Crippen LogP contribution in [0.15, 0.2) is 29.0 Å². The summed E-state index contributed by atoms with van der Waals surface area (Å²) < 4.78 is 0. The summed E-state index contributed by atoms with van der Waals surface area (Å²) >= 11 is 5.34. The Kier molecular flexibility index (Phi) is 4.84. The summed E-state index contributed by atoms with van der Waals surface area (Å²) in [5.41, 5.74) is 5.33. The van der Waals surface area contributed by atoms with E-state index in [1.165, 1.54) is 17.2 Å². The van der Waals surface area contributed by atoms with E-state index in [1.807, 2.05) is 0 Å². The molecule has 72 valence electrons. The Hall–Kier alpha value is -1.29. The molecule has 0 aliphatic carbocycles. The van der Waals surface area contributed by atoms with E-state index in [0.29, 0.717) is 0 Å². The molecule has 0 unspecified atom stereocenters. The lowest BCUT2D eigenvalue weighted by Gasteiger charge is -2.08. The average molecular weight is 202 g/mol. The Morgan fingerprint density at radius 1 is 1.62 bits per heavy atom. The third kappa shape index (κ3) is 4.32. The van der Waals surface area contributed by atoms with Crippen LogP contribution in [0.5, 0.6) is 0 Å². The molecule has 0 aliphatic rings. The van der Waals surface area contributed by atoms with Crippen molar-refractivity contribution < 1.29 is 4.79 Å². The van der Waals surface area contributed by atoms with E-state index in [-0.39, 0.29) is 16.8 Å². The van der Waals surface area contributed by atoms with Crippen molar-refractivity contribution in [3.63, 3.8) is 0 Å². The molecule has 0 radical (unpaired) electrons. The van der Waals surface area contributed by atoms with Gasteiger partial charge >= 0.3 is 0 Å². The minimum Gasteiger partial charge on any atom is -0.388 e. The van der Waals surface area contributed by atoms with Crippen molar-refractivity contribution in [2.24, 2.45) is 10.7 Å². The first-order chi connectivity index (χ1) is 5.99. The van der Waals surface area contributed by atoms with Crippen molar-refractivity contribution in [1.82, 2.24) is 4.90 Å². The van der Waals surface area contributed by atoms with E-state index in [9.17, 15) is 4.79 Å². The topological polar surface area (TPSA) is 58.7 Å². The van der Waals surface area contributed by atoms with Gasteiger partial charge in [-0.2, -0.15) is 0 Å². The Balaban J connectivity index is 4.70. The second-order valence-corrected chi connectivity index (χ2v) is 2.87. The second kappa shape index (κ2) is 5.37. The van der Waals surface area contributed by atoms with Gasteiger partial charge in [0.2, 0.25) is 0 Å². The van der Waals surface area contributed by atoms with Crippen LogP contribution in [0.3, 0.4) is 0 Å². The SMILES string of the molecule is C=CC(=N/C=C(\N)Cl)C(=O)N(C)C. The maximum Gasteiger partial charge on any atom is 0.271 e. The number of carbonyl (C=O) groups is 1. The Morgan fingerprint density at radius 2 is 2.15 bits per heavy atom. The molecule has 0 spiro atoms. The summed E-state index contributed by atoms with van der Waals surface area (Å²) in [6.45, 7) is 3.45. The number of nitrogens with zero attached hydrogens (tertiary/aromatic N) is 2. The molecule has 0 saturated carbocycles. The highest BCUT2D eigenvalue weighted by Crippen LogP contribution is 1.93. The average Bonchev–Trinajstić information content (AvgIpc) is 2.04. The van der Waals surface area contributed by atoms with Crippen LogP contribution in [-0.4, -0.2) is 30.6 Å². The molecule has 1 amide bonds. The van der Waals surface area contributed by atoms with Crippen molar-refractivity contribution in [3.8, 4) is 0 Å². The van der Waals surface area contributed by atoms with Gasteiger partial charge in [0.25, 0.3) is 5.91 Å². The van der Waals surface area contributed by atoms with Gasteiger partial charge in [-0.3, -0.25) is 4.79 Å². The van der Waals surface area contributed by atoms with Gasteiger partial charge in [0.15, 0.2) is 0 Å². The van der Waals surface area contributed by atoms with Crippen LogP contribution < -0.4 is 5.73 Å². The molecule has 4 nitrogen and oxygen atoms in total. The third-order valence-corrected chi connectivity index (χ3v) is 1.24. The normalized spacial score (nSPS) is 12.5. The lowest BCUT2D eigenvalue weighted by Crippen LogP contribution is -2.28. The van der Waals surface area contributed by atoms with Crippen LogP contribution in [0.4, 0.5) is 0 Å². The summed E-state index contributed by atoms with van der Waals surface area (Å²) in [7, 11) is 3.24. The summed E-state index contributed by atoms with van der Waals surface area (Å²) in [6, 6.07) is 0. The maximum absolute atomic E-state index is 11.3. The molecule has 0 saturated heterocycles. The highest BCUT2D eigenvalue weighted by Gasteiger charge is 2.08. The predicted molar refractivity (Wildman–Crippen MR) is 54.4 cm³/mol. The fraction of sp³-hybridized carbons (Fsp3) is 0.250. The van der Waals surface area contributed by atoms with Gasteiger partial charge in [-0.1, -0.05) is 18.2 Å². The molecule has 13 heavy (non-hydrogen) atoms. The van der Waals surface area contributed by atoms with Crippen molar-refractivity contribution in [2.75, 3.05) is 14.1 Å². The van der Waals surface area contributed by atoms with Gasteiger partial charge in [0.05, 0.1) is 6.20 Å². The van der Waals surface area contributed by atoms with Gasteiger partial charge in [0, 0.05) is 14.1 Å². The zero-order valence-electron chi connectivity index (χ0n) is 7.62. The third-order valence-electron chi connectivity index (χ3n) is 1.15. The summed E-state index contributed by atoms with van der Waals surface area (Å²) in [5, 5.41) is 0.0194. The molecule has 0 fully saturated rings. The molecule has 0 aromatic heterocycles. The van der Waals surface area contributed by atoms with E-state index in [0.717, 1.165) is 0 Å². The van der Waals surface area contributed by atoms with Crippen LogP contribution in [-0.2, 0) is 4.79 Å². The minimum atomic E-state index is -0.246. The van der Waals surface area contributed by atoms with Crippen molar-refractivity contribution in [2.45, 2.75) is 0 Å². The first kappa shape index (κ1) is 11.7. The van der Waals surface area contributed by atoms with E-state index in [1.54, 1.807) is 14.1 Å². The summed E-state index contributed by atoms with van der Waals surface area (Å²) in [5.74, 6) is -0.246. The molecule has 0 aromatic carbocycles. The number of carbonyl (C=O) groups excluding carboxylic acids is 1. The molecule has 0 rings (SSSR count). The number of hydrogen-bond acceptors (Lipinski definition) is 3. The number of hydrogen-bond donors (Lipinski definition) is 1. The molecule has 0 bridgehead atoms. The molecule has 0 heterocycles. The number of aliphatic imine (C=N–C) groups is 1. The first-order valence-corrected chi connectivity index (χ1v) is 3.90. The zero-order valence-corrected chi connectivity index (χ0v) is 8.38. The van der Waals surface area contributed by atoms with Crippen molar-refractivity contribution >= 4 is 23.2 Å². The van der Waals surface area contributed by atoms with Crippen LogP contribution in [0, 0.1) is 0 Å². The summed E-state index contributed by atoms with van der Waals surface area (Å²) in [4.78, 5) is 16.4. The number of halogens is 1. The smallest absolute Gasteiger partial charge is 0.271 e. The predicted octanol–water partition coefficient (Wildman–Crippen LogP) is 0.698. The Bertz CT molecular complexity index is 265. The monoisotopic (exact) mass is 201 g/mol. The highest BCUT2D eigenvalue weighted by atomic mass is 35.5. The zero-order chi connectivity index (χ0) is 10.4. The fourth-order valence-corrected chi connectivity index (χ4v) is 0.604. The van der Waals surface area contributed by atoms with Crippen LogP contribution >= 0.6 is 11.6 Å². The molecule has 2 N–H and O–H groups in total. The van der Waals surface area contributed by atoms with Gasteiger partial charge in [-0.25, -0.2) is 4.99 Å². The Morgan fingerprint density at radius 3 is 2.46 bits per heavy atom. The van der Waals surface area contributed by atoms with Gasteiger partial charge < -0.3 is 10.6 Å². The molecule has 0 atom stereocenters. The van der Waals surface area contributed by atoms with Crippen LogP contribution in [0.2, 0.25) is 0 Å².